The number of piperidine rings is 1. The third-order valence-corrected chi connectivity index (χ3v) is 6.61. The maximum absolute atomic E-state index is 12.9. The molecular weight excluding hydrogens is 322 g/mol. The van der Waals surface area contributed by atoms with Crippen LogP contribution in [0.4, 0.5) is 0 Å². The summed E-state index contributed by atoms with van der Waals surface area (Å²) in [6.07, 6.45) is 11.4. The van der Waals surface area contributed by atoms with E-state index in [2.05, 4.69) is 27.3 Å². The number of aromatic nitrogens is 1. The first kappa shape index (κ1) is 18.0. The van der Waals surface area contributed by atoms with E-state index in [1.54, 1.807) is 0 Å². The third-order valence-electron chi connectivity index (χ3n) is 6.61. The standard InChI is InChI=1S/C22H33N3O/c1-16-6-5-9-20(23-16)21(17-10-11-17)24-22(26)18-12-14-25(15-13-18)19-7-3-2-4-8-19/h5-6,9,17-19,21H,2-4,7-8,10-15H2,1H3,(H,24,26)/t21-/m0/s1. The van der Waals surface area contributed by atoms with Crippen molar-refractivity contribution in [2.75, 3.05) is 13.1 Å². The van der Waals surface area contributed by atoms with Gasteiger partial charge in [-0.15, -0.1) is 0 Å². The molecule has 4 nitrogen and oxygen atoms in total. The molecule has 4 rings (SSSR count). The number of carbonyl (C=O) groups excluding carboxylic acids is 1. The van der Waals surface area contributed by atoms with E-state index in [4.69, 9.17) is 0 Å². The number of hydrogen-bond acceptors (Lipinski definition) is 3. The van der Waals surface area contributed by atoms with Crippen LogP contribution in [0.25, 0.3) is 0 Å². The van der Waals surface area contributed by atoms with Gasteiger partial charge in [0.2, 0.25) is 5.91 Å². The molecule has 0 aromatic carbocycles. The van der Waals surface area contributed by atoms with Crippen LogP contribution in [0.15, 0.2) is 18.2 Å². The van der Waals surface area contributed by atoms with E-state index >= 15 is 0 Å². The molecule has 0 bridgehead atoms. The van der Waals surface area contributed by atoms with Crippen LogP contribution in [0.3, 0.4) is 0 Å². The zero-order valence-corrected chi connectivity index (χ0v) is 16.1. The number of amides is 1. The van der Waals surface area contributed by atoms with Crippen LogP contribution >= 0.6 is 0 Å². The van der Waals surface area contributed by atoms with Crippen molar-refractivity contribution in [1.82, 2.24) is 15.2 Å². The summed E-state index contributed by atoms with van der Waals surface area (Å²) in [6, 6.07) is 7.04. The van der Waals surface area contributed by atoms with E-state index in [0.29, 0.717) is 5.92 Å². The Morgan fingerprint density at radius 3 is 2.46 bits per heavy atom. The highest BCUT2D eigenvalue weighted by atomic mass is 16.2. The molecule has 3 fully saturated rings. The summed E-state index contributed by atoms with van der Waals surface area (Å²) in [5.41, 5.74) is 2.07. The number of nitrogens with one attached hydrogen (secondary N) is 1. The van der Waals surface area contributed by atoms with E-state index in [1.165, 1.54) is 44.9 Å². The van der Waals surface area contributed by atoms with Crippen LogP contribution in [-0.2, 0) is 4.79 Å². The molecule has 4 heteroatoms. The Labute approximate surface area is 157 Å². The number of pyridine rings is 1. The van der Waals surface area contributed by atoms with E-state index in [0.717, 1.165) is 43.4 Å². The lowest BCUT2D eigenvalue weighted by atomic mass is 9.89. The molecule has 1 atom stereocenters. The minimum Gasteiger partial charge on any atom is -0.347 e. The molecule has 0 unspecified atom stereocenters. The van der Waals surface area contributed by atoms with Crippen molar-refractivity contribution in [1.29, 1.82) is 0 Å². The van der Waals surface area contributed by atoms with Crippen molar-refractivity contribution < 1.29 is 4.79 Å². The molecule has 1 aromatic heterocycles. The lowest BCUT2D eigenvalue weighted by Gasteiger charge is -2.39. The number of carbonyl (C=O) groups is 1. The van der Waals surface area contributed by atoms with Gasteiger partial charge in [0.1, 0.15) is 0 Å². The fourth-order valence-corrected chi connectivity index (χ4v) is 4.84. The topological polar surface area (TPSA) is 45.2 Å². The number of nitrogens with zero attached hydrogens (tertiary/aromatic N) is 2. The van der Waals surface area contributed by atoms with Crippen LogP contribution < -0.4 is 5.32 Å². The first-order chi connectivity index (χ1) is 12.7. The smallest absolute Gasteiger partial charge is 0.223 e. The summed E-state index contributed by atoms with van der Waals surface area (Å²) in [5, 5.41) is 3.37. The van der Waals surface area contributed by atoms with Crippen LogP contribution in [0.1, 0.15) is 75.2 Å². The van der Waals surface area contributed by atoms with Crippen LogP contribution in [0.5, 0.6) is 0 Å². The monoisotopic (exact) mass is 355 g/mol. The van der Waals surface area contributed by atoms with Gasteiger partial charge in [0.05, 0.1) is 11.7 Å². The zero-order valence-electron chi connectivity index (χ0n) is 16.1. The predicted molar refractivity (Wildman–Crippen MR) is 104 cm³/mol. The second-order valence-corrected chi connectivity index (χ2v) is 8.63. The molecule has 1 saturated heterocycles. The average molecular weight is 356 g/mol. The lowest BCUT2D eigenvalue weighted by molar-refractivity contribution is -0.127. The van der Waals surface area contributed by atoms with Gasteiger partial charge >= 0.3 is 0 Å². The minimum absolute atomic E-state index is 0.110. The Morgan fingerprint density at radius 1 is 1.08 bits per heavy atom. The molecule has 2 saturated carbocycles. The normalized spacial score (nSPS) is 24.3. The van der Waals surface area contributed by atoms with Gasteiger partial charge < -0.3 is 10.2 Å². The molecule has 2 aliphatic carbocycles. The van der Waals surface area contributed by atoms with Gasteiger partial charge in [-0.2, -0.15) is 0 Å². The Balaban J connectivity index is 1.33. The summed E-state index contributed by atoms with van der Waals surface area (Å²) in [5.74, 6) is 1.02. The molecule has 1 amide bonds. The predicted octanol–water partition coefficient (Wildman–Crippen LogP) is 4.00. The van der Waals surface area contributed by atoms with Crippen molar-refractivity contribution in [3.05, 3.63) is 29.6 Å². The maximum atomic E-state index is 12.9. The molecule has 2 heterocycles. The van der Waals surface area contributed by atoms with E-state index in [-0.39, 0.29) is 17.9 Å². The minimum atomic E-state index is 0.110. The summed E-state index contributed by atoms with van der Waals surface area (Å²) < 4.78 is 0. The van der Waals surface area contributed by atoms with Gasteiger partial charge in [-0.25, -0.2) is 0 Å². The van der Waals surface area contributed by atoms with Crippen LogP contribution in [0.2, 0.25) is 0 Å². The first-order valence-electron chi connectivity index (χ1n) is 10.7. The molecular formula is C22H33N3O. The quantitative estimate of drug-likeness (QED) is 0.868. The van der Waals surface area contributed by atoms with Gasteiger partial charge in [0, 0.05) is 17.7 Å². The summed E-state index contributed by atoms with van der Waals surface area (Å²) in [7, 11) is 0. The van der Waals surface area contributed by atoms with Gasteiger partial charge in [-0.05, 0) is 76.6 Å². The largest absolute Gasteiger partial charge is 0.347 e. The van der Waals surface area contributed by atoms with Crippen molar-refractivity contribution in [2.24, 2.45) is 11.8 Å². The highest BCUT2D eigenvalue weighted by Gasteiger charge is 2.36. The van der Waals surface area contributed by atoms with Gasteiger partial charge in [0.25, 0.3) is 0 Å². The number of aryl methyl sites for hydroxylation is 1. The van der Waals surface area contributed by atoms with Gasteiger partial charge in [-0.3, -0.25) is 9.78 Å². The SMILES string of the molecule is Cc1cccc([C@@H](NC(=O)C2CCN(C3CCCCC3)CC2)C2CC2)n1. The number of rotatable bonds is 5. The number of hydrogen-bond donors (Lipinski definition) is 1. The summed E-state index contributed by atoms with van der Waals surface area (Å²) in [4.78, 5) is 20.3. The Bertz CT molecular complexity index is 614. The highest BCUT2D eigenvalue weighted by Crippen LogP contribution is 2.41. The second-order valence-electron chi connectivity index (χ2n) is 8.63. The molecule has 1 aliphatic heterocycles. The third kappa shape index (κ3) is 4.28. The molecule has 3 aliphatic rings. The fourth-order valence-electron chi connectivity index (χ4n) is 4.84. The van der Waals surface area contributed by atoms with E-state index in [9.17, 15) is 4.79 Å². The second kappa shape index (κ2) is 8.08. The number of likely N-dealkylation sites (tertiary alicyclic amines) is 1. The average Bonchev–Trinajstić information content (AvgIpc) is 3.52. The molecule has 1 N–H and O–H groups in total. The highest BCUT2D eigenvalue weighted by molar-refractivity contribution is 5.79. The van der Waals surface area contributed by atoms with Gasteiger partial charge in [-0.1, -0.05) is 25.3 Å². The summed E-state index contributed by atoms with van der Waals surface area (Å²) >= 11 is 0. The van der Waals surface area contributed by atoms with Crippen molar-refractivity contribution in [3.8, 4) is 0 Å². The molecule has 0 radical (unpaired) electrons. The first-order valence-corrected chi connectivity index (χ1v) is 10.7. The lowest BCUT2D eigenvalue weighted by Crippen LogP contribution is -2.46. The van der Waals surface area contributed by atoms with Crippen LogP contribution in [0, 0.1) is 18.8 Å². The van der Waals surface area contributed by atoms with Crippen molar-refractivity contribution in [2.45, 2.75) is 76.8 Å². The molecule has 0 spiro atoms. The molecule has 142 valence electrons. The Kier molecular flexibility index (Phi) is 5.58. The maximum Gasteiger partial charge on any atom is 0.223 e. The van der Waals surface area contributed by atoms with E-state index < -0.39 is 0 Å². The molecule has 1 aromatic rings. The van der Waals surface area contributed by atoms with Gasteiger partial charge in [0.15, 0.2) is 0 Å². The zero-order chi connectivity index (χ0) is 17.9. The van der Waals surface area contributed by atoms with Crippen molar-refractivity contribution >= 4 is 5.91 Å². The molecule has 26 heavy (non-hydrogen) atoms. The summed E-state index contributed by atoms with van der Waals surface area (Å²) in [6.45, 7) is 4.22. The van der Waals surface area contributed by atoms with Crippen molar-refractivity contribution in [3.63, 3.8) is 0 Å². The van der Waals surface area contributed by atoms with Crippen LogP contribution in [-0.4, -0.2) is 34.9 Å². The Morgan fingerprint density at radius 2 is 1.81 bits per heavy atom. The van der Waals surface area contributed by atoms with E-state index in [1.807, 2.05) is 13.0 Å². The fraction of sp³-hybridized carbons (Fsp3) is 0.727. The Hall–Kier alpha value is -1.42.